The minimum atomic E-state index is -0.830. The molecule has 0 saturated carbocycles. The van der Waals surface area contributed by atoms with Gasteiger partial charge in [-0.25, -0.2) is 9.18 Å². The molecule has 1 amide bonds. The van der Waals surface area contributed by atoms with Crippen molar-refractivity contribution in [1.29, 1.82) is 0 Å². The number of aromatic amines is 1. The molecule has 2 aromatic carbocycles. The molecule has 0 fully saturated rings. The first-order valence-electron chi connectivity index (χ1n) is 9.62. The SMILES string of the molecule is CC(C)CN(C(=O)c1cc(Cl)ccc1F)c1c(N)n(Cc2ccccc2)c(=O)[nH]c1=O. The highest BCUT2D eigenvalue weighted by Gasteiger charge is 2.28. The molecule has 0 unspecified atom stereocenters. The number of hydrogen-bond donors (Lipinski definition) is 2. The molecule has 0 bridgehead atoms. The Morgan fingerprint density at radius 2 is 1.87 bits per heavy atom. The number of H-pyrrole nitrogens is 1. The van der Waals surface area contributed by atoms with E-state index in [4.69, 9.17) is 17.3 Å². The zero-order valence-corrected chi connectivity index (χ0v) is 17.8. The van der Waals surface area contributed by atoms with Crippen LogP contribution in [0.1, 0.15) is 29.8 Å². The van der Waals surface area contributed by atoms with E-state index in [1.807, 2.05) is 19.9 Å². The number of benzene rings is 2. The lowest BCUT2D eigenvalue weighted by Gasteiger charge is -2.26. The smallest absolute Gasteiger partial charge is 0.330 e. The van der Waals surface area contributed by atoms with Crippen molar-refractivity contribution in [3.8, 4) is 0 Å². The molecule has 31 heavy (non-hydrogen) atoms. The summed E-state index contributed by atoms with van der Waals surface area (Å²) < 4.78 is 15.6. The Morgan fingerprint density at radius 3 is 2.52 bits per heavy atom. The van der Waals surface area contributed by atoms with Gasteiger partial charge < -0.3 is 10.6 Å². The molecule has 0 aliphatic heterocycles. The van der Waals surface area contributed by atoms with Crippen molar-refractivity contribution in [2.45, 2.75) is 20.4 Å². The Bertz CT molecular complexity index is 1220. The van der Waals surface area contributed by atoms with Crippen LogP contribution in [0.15, 0.2) is 58.1 Å². The lowest BCUT2D eigenvalue weighted by atomic mass is 10.1. The lowest BCUT2D eigenvalue weighted by Crippen LogP contribution is -2.43. The maximum Gasteiger partial charge on any atom is 0.330 e. The molecule has 3 N–H and O–H groups in total. The van der Waals surface area contributed by atoms with Gasteiger partial charge in [0.1, 0.15) is 11.6 Å². The Kier molecular flexibility index (Phi) is 6.60. The van der Waals surface area contributed by atoms with Gasteiger partial charge in [-0.05, 0) is 29.7 Å². The van der Waals surface area contributed by atoms with Crippen LogP contribution in [0.5, 0.6) is 0 Å². The molecule has 0 aliphatic carbocycles. The topological polar surface area (TPSA) is 101 Å². The van der Waals surface area contributed by atoms with E-state index in [2.05, 4.69) is 4.98 Å². The number of halogens is 2. The minimum Gasteiger partial charge on any atom is -0.383 e. The number of aromatic nitrogens is 2. The van der Waals surface area contributed by atoms with Crippen molar-refractivity contribution in [2.75, 3.05) is 17.2 Å². The Morgan fingerprint density at radius 1 is 1.19 bits per heavy atom. The van der Waals surface area contributed by atoms with Crippen LogP contribution in [0.3, 0.4) is 0 Å². The highest BCUT2D eigenvalue weighted by atomic mass is 35.5. The molecule has 0 spiro atoms. The second-order valence-corrected chi connectivity index (χ2v) is 7.94. The second-order valence-electron chi connectivity index (χ2n) is 7.50. The highest BCUT2D eigenvalue weighted by molar-refractivity contribution is 6.31. The van der Waals surface area contributed by atoms with E-state index < -0.39 is 23.0 Å². The zero-order valence-electron chi connectivity index (χ0n) is 17.1. The van der Waals surface area contributed by atoms with E-state index in [1.54, 1.807) is 24.3 Å². The third-order valence-electron chi connectivity index (χ3n) is 4.62. The quantitative estimate of drug-likeness (QED) is 0.609. The fourth-order valence-corrected chi connectivity index (χ4v) is 3.38. The van der Waals surface area contributed by atoms with Crippen molar-refractivity contribution in [3.63, 3.8) is 0 Å². The van der Waals surface area contributed by atoms with E-state index in [0.717, 1.165) is 16.5 Å². The fourth-order valence-electron chi connectivity index (χ4n) is 3.21. The summed E-state index contributed by atoms with van der Waals surface area (Å²) in [5.74, 6) is -1.83. The van der Waals surface area contributed by atoms with Crippen LogP contribution in [0.25, 0.3) is 0 Å². The number of rotatable bonds is 6. The van der Waals surface area contributed by atoms with E-state index >= 15 is 0 Å². The fraction of sp³-hybridized carbons (Fsp3) is 0.227. The zero-order chi connectivity index (χ0) is 22.7. The van der Waals surface area contributed by atoms with Gasteiger partial charge in [-0.1, -0.05) is 55.8 Å². The standard InChI is InChI=1S/C22H22ClFN4O3/c1-13(2)11-27(21(30)16-10-15(23)8-9-17(16)24)18-19(25)28(22(31)26-20(18)29)12-14-6-4-3-5-7-14/h3-10,13H,11-12,25H2,1-2H3,(H,26,29,31). The van der Waals surface area contributed by atoms with Gasteiger partial charge in [-0.3, -0.25) is 19.1 Å². The number of anilines is 2. The Labute approximate surface area is 182 Å². The summed E-state index contributed by atoms with van der Waals surface area (Å²) in [6.07, 6.45) is 0. The number of hydrogen-bond acceptors (Lipinski definition) is 4. The van der Waals surface area contributed by atoms with Gasteiger partial charge in [0.15, 0.2) is 5.69 Å². The van der Waals surface area contributed by atoms with Crippen LogP contribution in [0.2, 0.25) is 5.02 Å². The number of nitrogens with one attached hydrogen (secondary N) is 1. The summed E-state index contributed by atoms with van der Waals surface area (Å²) in [6.45, 7) is 3.82. The summed E-state index contributed by atoms with van der Waals surface area (Å²) in [5, 5.41) is 0.171. The molecule has 9 heteroatoms. The summed E-state index contributed by atoms with van der Waals surface area (Å²) >= 11 is 5.94. The van der Waals surface area contributed by atoms with E-state index in [0.29, 0.717) is 0 Å². The number of nitrogen functional groups attached to an aromatic ring is 1. The van der Waals surface area contributed by atoms with Gasteiger partial charge in [0.25, 0.3) is 11.5 Å². The second kappa shape index (κ2) is 9.18. The summed E-state index contributed by atoms with van der Waals surface area (Å²) in [5.41, 5.74) is 4.95. The van der Waals surface area contributed by atoms with Gasteiger partial charge >= 0.3 is 5.69 Å². The number of carbonyl (C=O) groups is 1. The molecule has 1 aromatic heterocycles. The van der Waals surface area contributed by atoms with Gasteiger partial charge in [0.05, 0.1) is 12.1 Å². The molecule has 3 aromatic rings. The van der Waals surface area contributed by atoms with Gasteiger partial charge in [-0.2, -0.15) is 0 Å². The molecule has 0 saturated heterocycles. The van der Waals surface area contributed by atoms with E-state index in [9.17, 15) is 18.8 Å². The van der Waals surface area contributed by atoms with Gasteiger partial charge in [-0.15, -0.1) is 0 Å². The van der Waals surface area contributed by atoms with Crippen molar-refractivity contribution >= 4 is 29.0 Å². The number of carbonyl (C=O) groups excluding carboxylic acids is 1. The number of nitrogens with two attached hydrogens (primary N) is 1. The summed E-state index contributed by atoms with van der Waals surface area (Å²) in [4.78, 5) is 41.7. The van der Waals surface area contributed by atoms with E-state index in [1.165, 1.54) is 16.7 Å². The third kappa shape index (κ3) is 4.86. The van der Waals surface area contributed by atoms with E-state index in [-0.39, 0.29) is 41.1 Å². The molecular formula is C22H22ClFN4O3. The van der Waals surface area contributed by atoms with Crippen LogP contribution in [-0.4, -0.2) is 22.0 Å². The molecule has 3 rings (SSSR count). The first-order valence-corrected chi connectivity index (χ1v) is 10.00. The normalized spacial score (nSPS) is 11.0. The first kappa shape index (κ1) is 22.3. The third-order valence-corrected chi connectivity index (χ3v) is 4.85. The minimum absolute atomic E-state index is 0.0710. The molecule has 0 aliphatic rings. The molecule has 1 heterocycles. The van der Waals surface area contributed by atoms with Crippen LogP contribution >= 0.6 is 11.6 Å². The Balaban J connectivity index is 2.16. The van der Waals surface area contributed by atoms with Gasteiger partial charge in [0.2, 0.25) is 0 Å². The number of nitrogens with zero attached hydrogens (tertiary/aromatic N) is 2. The van der Waals surface area contributed by atoms with Crippen molar-refractivity contribution < 1.29 is 9.18 Å². The Hall–Kier alpha value is -3.39. The average molecular weight is 445 g/mol. The van der Waals surface area contributed by atoms with Crippen molar-refractivity contribution in [1.82, 2.24) is 9.55 Å². The van der Waals surface area contributed by atoms with Crippen LogP contribution in [-0.2, 0) is 6.54 Å². The predicted molar refractivity (Wildman–Crippen MR) is 119 cm³/mol. The summed E-state index contributed by atoms with van der Waals surface area (Å²) in [7, 11) is 0. The predicted octanol–water partition coefficient (Wildman–Crippen LogP) is 3.26. The monoisotopic (exact) mass is 444 g/mol. The lowest BCUT2D eigenvalue weighted by molar-refractivity contribution is 0.0979. The van der Waals surface area contributed by atoms with Gasteiger partial charge in [0, 0.05) is 11.6 Å². The van der Waals surface area contributed by atoms with Crippen molar-refractivity contribution in [2.24, 2.45) is 5.92 Å². The van der Waals surface area contributed by atoms with Crippen LogP contribution in [0, 0.1) is 11.7 Å². The maximum absolute atomic E-state index is 14.4. The number of amides is 1. The van der Waals surface area contributed by atoms with Crippen molar-refractivity contribution in [3.05, 3.63) is 91.3 Å². The first-order chi connectivity index (χ1) is 14.7. The molecule has 0 atom stereocenters. The molecule has 162 valence electrons. The highest BCUT2D eigenvalue weighted by Crippen LogP contribution is 2.24. The largest absolute Gasteiger partial charge is 0.383 e. The molecule has 7 nitrogen and oxygen atoms in total. The average Bonchev–Trinajstić information content (AvgIpc) is 2.72. The van der Waals surface area contributed by atoms with Crippen LogP contribution in [0.4, 0.5) is 15.9 Å². The molecule has 0 radical (unpaired) electrons. The van der Waals surface area contributed by atoms with Crippen LogP contribution < -0.4 is 21.9 Å². The maximum atomic E-state index is 14.4. The summed E-state index contributed by atoms with van der Waals surface area (Å²) in [6, 6.07) is 12.6. The molecular weight excluding hydrogens is 423 g/mol.